The van der Waals surface area contributed by atoms with Gasteiger partial charge in [0.1, 0.15) is 12.3 Å². The topological polar surface area (TPSA) is 82.6 Å². The summed E-state index contributed by atoms with van der Waals surface area (Å²) in [5.41, 5.74) is 6.88. The van der Waals surface area contributed by atoms with Gasteiger partial charge in [0.25, 0.3) is 0 Å². The molecule has 162 valence electrons. The lowest BCUT2D eigenvalue weighted by Gasteiger charge is -2.25. The molecule has 0 radical (unpaired) electrons. The Labute approximate surface area is 188 Å². The van der Waals surface area contributed by atoms with Gasteiger partial charge in [-0.2, -0.15) is 0 Å². The van der Waals surface area contributed by atoms with Crippen LogP contribution in [0.15, 0.2) is 109 Å². The van der Waals surface area contributed by atoms with E-state index >= 15 is 0 Å². The number of hydrazine groups is 2. The van der Waals surface area contributed by atoms with Crippen LogP contribution < -0.4 is 22.3 Å². The van der Waals surface area contributed by atoms with Crippen molar-refractivity contribution >= 4 is 0 Å². The highest BCUT2D eigenvalue weighted by molar-refractivity contribution is 5.34. The van der Waals surface area contributed by atoms with E-state index in [9.17, 15) is 0 Å². The summed E-state index contributed by atoms with van der Waals surface area (Å²) in [4.78, 5) is 0. The van der Waals surface area contributed by atoms with Gasteiger partial charge < -0.3 is 10.6 Å². The molecule has 6 nitrogen and oxygen atoms in total. The van der Waals surface area contributed by atoms with Crippen LogP contribution in [-0.4, -0.2) is 10.0 Å². The third-order valence-corrected chi connectivity index (χ3v) is 5.87. The first-order chi connectivity index (χ1) is 15.7. The van der Waals surface area contributed by atoms with Gasteiger partial charge in [0.2, 0.25) is 0 Å². The molecule has 0 saturated heterocycles. The predicted molar refractivity (Wildman–Crippen MR) is 127 cm³/mol. The molecule has 5 rings (SSSR count). The molecule has 0 aliphatic carbocycles. The quantitative estimate of drug-likeness (QED) is 0.454. The van der Waals surface area contributed by atoms with Crippen molar-refractivity contribution in [3.63, 3.8) is 0 Å². The lowest BCUT2D eigenvalue weighted by atomic mass is 10.1. The minimum absolute atomic E-state index is 0.113. The maximum Gasteiger partial charge on any atom is 0.139 e. The van der Waals surface area contributed by atoms with E-state index in [1.165, 1.54) is 11.1 Å². The van der Waals surface area contributed by atoms with E-state index in [1.54, 1.807) is 10.0 Å². The van der Waals surface area contributed by atoms with E-state index in [1.807, 2.05) is 24.5 Å². The average Bonchev–Trinajstić information content (AvgIpc) is 3.37. The summed E-state index contributed by atoms with van der Waals surface area (Å²) in [5, 5.41) is 10.6. The minimum atomic E-state index is -0.113. The first-order valence-corrected chi connectivity index (χ1v) is 10.8. The molecule has 2 aliphatic rings. The summed E-state index contributed by atoms with van der Waals surface area (Å²) < 4.78 is 0. The molecule has 6 heteroatoms. The van der Waals surface area contributed by atoms with Crippen molar-refractivity contribution in [2.24, 2.45) is 11.7 Å². The summed E-state index contributed by atoms with van der Waals surface area (Å²) in [7, 11) is 0. The van der Waals surface area contributed by atoms with Gasteiger partial charge in [-0.15, -0.1) is 0 Å². The van der Waals surface area contributed by atoms with Crippen LogP contribution in [0.3, 0.4) is 0 Å². The fraction of sp³-hybridized carbons (Fsp3) is 0.154. The summed E-state index contributed by atoms with van der Waals surface area (Å²) in [6.07, 6.45) is 5.37. The van der Waals surface area contributed by atoms with Crippen molar-refractivity contribution in [1.82, 2.24) is 20.7 Å². The Balaban J connectivity index is 1.27. The van der Waals surface area contributed by atoms with Crippen molar-refractivity contribution in [3.05, 3.63) is 131 Å². The predicted octanol–water partition coefficient (Wildman–Crippen LogP) is 3.41. The van der Waals surface area contributed by atoms with Crippen LogP contribution in [0.4, 0.5) is 0 Å². The fourth-order valence-electron chi connectivity index (χ4n) is 4.32. The molecule has 2 atom stereocenters. The number of hydrogen-bond acceptors (Lipinski definition) is 6. The number of hydrogen-bond donors (Lipinski definition) is 4. The second-order valence-electron chi connectivity index (χ2n) is 8.29. The van der Waals surface area contributed by atoms with Crippen molar-refractivity contribution in [1.29, 1.82) is 0 Å². The molecule has 0 amide bonds. The zero-order valence-corrected chi connectivity index (χ0v) is 17.9. The molecular formula is C26H28N6. The third-order valence-electron chi connectivity index (χ3n) is 5.87. The molecule has 0 fully saturated rings. The largest absolute Gasteiger partial charge is 0.362 e. The molecule has 2 aliphatic heterocycles. The Kier molecular flexibility index (Phi) is 5.54. The van der Waals surface area contributed by atoms with Gasteiger partial charge in [0.05, 0.1) is 0 Å². The van der Waals surface area contributed by atoms with E-state index in [0.29, 0.717) is 0 Å². The molecule has 32 heavy (non-hydrogen) atoms. The van der Waals surface area contributed by atoms with Gasteiger partial charge in [-0.05, 0) is 28.3 Å². The maximum atomic E-state index is 6.33. The van der Waals surface area contributed by atoms with Gasteiger partial charge in [-0.3, -0.25) is 10.0 Å². The van der Waals surface area contributed by atoms with E-state index < -0.39 is 0 Å². The van der Waals surface area contributed by atoms with Crippen LogP contribution in [0.2, 0.25) is 0 Å². The lowest BCUT2D eigenvalue weighted by Crippen LogP contribution is -2.34. The Bertz CT molecular complexity index is 1040. The van der Waals surface area contributed by atoms with Crippen LogP contribution in [0.5, 0.6) is 0 Å². The van der Waals surface area contributed by atoms with Gasteiger partial charge in [0.15, 0.2) is 0 Å². The van der Waals surface area contributed by atoms with Crippen LogP contribution >= 0.6 is 0 Å². The van der Waals surface area contributed by atoms with Crippen LogP contribution in [0.25, 0.3) is 0 Å². The second kappa shape index (κ2) is 8.78. The second-order valence-corrected chi connectivity index (χ2v) is 8.29. The molecule has 0 aromatic heterocycles. The monoisotopic (exact) mass is 424 g/mol. The summed E-state index contributed by atoms with van der Waals surface area (Å²) in [6.45, 7) is 0. The molecule has 0 saturated carbocycles. The van der Waals surface area contributed by atoms with E-state index in [0.717, 1.165) is 35.4 Å². The molecule has 3 aromatic rings. The number of nitrogens with one attached hydrogen (secondary N) is 2. The Morgan fingerprint density at radius 2 is 1.03 bits per heavy atom. The summed E-state index contributed by atoms with van der Waals surface area (Å²) >= 11 is 0. The van der Waals surface area contributed by atoms with Crippen LogP contribution in [0, 0.1) is 0 Å². The molecular weight excluding hydrogens is 396 g/mol. The van der Waals surface area contributed by atoms with Crippen molar-refractivity contribution in [3.8, 4) is 0 Å². The Morgan fingerprint density at radius 1 is 0.594 bits per heavy atom. The SMILES string of the molecule is NN1C=C(Cc2ccccc2)NC1c1cccc(C2NC(Cc3ccccc3)=CN2N)c1. The number of rotatable bonds is 6. The van der Waals surface area contributed by atoms with Crippen molar-refractivity contribution < 1.29 is 0 Å². The molecule has 3 aromatic carbocycles. The van der Waals surface area contributed by atoms with Crippen LogP contribution in [-0.2, 0) is 12.8 Å². The van der Waals surface area contributed by atoms with Crippen molar-refractivity contribution in [2.45, 2.75) is 25.2 Å². The average molecular weight is 425 g/mol. The van der Waals surface area contributed by atoms with Crippen molar-refractivity contribution in [2.75, 3.05) is 0 Å². The normalized spacial score (nSPS) is 19.9. The zero-order valence-electron chi connectivity index (χ0n) is 17.9. The molecule has 0 bridgehead atoms. The van der Waals surface area contributed by atoms with Gasteiger partial charge in [-0.1, -0.05) is 78.9 Å². The number of nitrogens with zero attached hydrogens (tertiary/aromatic N) is 2. The lowest BCUT2D eigenvalue weighted by molar-refractivity contribution is 0.284. The maximum absolute atomic E-state index is 6.33. The Morgan fingerprint density at radius 3 is 1.47 bits per heavy atom. The standard InChI is InChI=1S/C26H28N6/c27-31-17-23(14-19-8-3-1-4-9-19)29-25(31)21-12-7-13-22(16-21)26-30-24(18-32(26)28)15-20-10-5-2-6-11-20/h1-13,16-18,25-26,29-30H,14-15,27-28H2. The van der Waals surface area contributed by atoms with E-state index in [-0.39, 0.29) is 12.3 Å². The highest BCUT2D eigenvalue weighted by Gasteiger charge is 2.27. The number of benzene rings is 3. The molecule has 2 unspecified atom stereocenters. The Hall–Kier alpha value is -3.74. The highest BCUT2D eigenvalue weighted by Crippen LogP contribution is 2.29. The smallest absolute Gasteiger partial charge is 0.139 e. The number of allylic oxidation sites excluding steroid dienone is 2. The first kappa shape index (κ1) is 20.2. The summed E-state index contributed by atoms with van der Waals surface area (Å²) in [6, 6.07) is 29.2. The van der Waals surface area contributed by atoms with Gasteiger partial charge in [-0.25, -0.2) is 11.7 Å². The third kappa shape index (κ3) is 4.32. The fourth-order valence-corrected chi connectivity index (χ4v) is 4.32. The van der Waals surface area contributed by atoms with E-state index in [4.69, 9.17) is 11.7 Å². The molecule has 2 heterocycles. The van der Waals surface area contributed by atoms with Gasteiger partial charge in [0, 0.05) is 36.6 Å². The minimum Gasteiger partial charge on any atom is -0.362 e. The zero-order chi connectivity index (χ0) is 21.9. The highest BCUT2D eigenvalue weighted by atomic mass is 15.5. The molecule has 0 spiro atoms. The van der Waals surface area contributed by atoms with Crippen LogP contribution in [0.1, 0.15) is 34.6 Å². The molecule has 6 N–H and O–H groups in total. The summed E-state index contributed by atoms with van der Waals surface area (Å²) in [5.74, 6) is 12.7. The van der Waals surface area contributed by atoms with Gasteiger partial charge >= 0.3 is 0 Å². The van der Waals surface area contributed by atoms with E-state index in [2.05, 4.69) is 83.4 Å². The first-order valence-electron chi connectivity index (χ1n) is 10.8. The number of nitrogens with two attached hydrogens (primary N) is 2.